The minimum absolute atomic E-state index is 0.0571. The second-order valence-electron chi connectivity index (χ2n) is 6.78. The number of fused-ring (bicyclic) bond motifs is 1. The van der Waals surface area contributed by atoms with Crippen LogP contribution in [0.25, 0.3) is 10.9 Å². The molecule has 2 aromatic heterocycles. The fourth-order valence-corrected chi connectivity index (χ4v) is 4.64. The summed E-state index contributed by atoms with van der Waals surface area (Å²) in [5, 5.41) is 11.1. The summed E-state index contributed by atoms with van der Waals surface area (Å²) in [6.45, 7) is 5.48. The summed E-state index contributed by atoms with van der Waals surface area (Å²) < 4.78 is 5.73. The molecule has 1 aromatic carbocycles. The zero-order valence-electron chi connectivity index (χ0n) is 15.3. The summed E-state index contributed by atoms with van der Waals surface area (Å²) in [6, 6.07) is 8.03. The number of aromatic amines is 1. The van der Waals surface area contributed by atoms with Gasteiger partial charge in [-0.3, -0.25) is 4.79 Å². The Hall–Kier alpha value is -2.69. The van der Waals surface area contributed by atoms with E-state index in [2.05, 4.69) is 20.9 Å². The zero-order valence-corrected chi connectivity index (χ0v) is 16.1. The third-order valence-corrected chi connectivity index (χ3v) is 6.23. The van der Waals surface area contributed by atoms with E-state index in [1.54, 1.807) is 6.92 Å². The summed E-state index contributed by atoms with van der Waals surface area (Å²) in [5.41, 5.74) is 3.62. The van der Waals surface area contributed by atoms with Crippen LogP contribution in [0.15, 0.2) is 24.4 Å². The first-order chi connectivity index (χ1) is 13.1. The number of hydrogen-bond donors (Lipinski definition) is 1. The number of nitrogens with zero attached hydrogens (tertiary/aromatic N) is 3. The molecule has 27 heavy (non-hydrogen) atoms. The fourth-order valence-electron chi connectivity index (χ4n) is 3.58. The van der Waals surface area contributed by atoms with Gasteiger partial charge in [0.1, 0.15) is 0 Å². The summed E-state index contributed by atoms with van der Waals surface area (Å²) in [4.78, 5) is 22.7. The van der Waals surface area contributed by atoms with Crippen LogP contribution >= 0.6 is 11.3 Å². The van der Waals surface area contributed by atoms with E-state index < -0.39 is 0 Å². The highest BCUT2D eigenvalue weighted by Gasteiger charge is 2.28. The topological polar surface area (TPSA) is 82.0 Å². The van der Waals surface area contributed by atoms with Crippen LogP contribution in [-0.2, 0) is 11.2 Å². The molecule has 0 spiro atoms. The van der Waals surface area contributed by atoms with Crippen molar-refractivity contribution in [3.05, 3.63) is 46.1 Å². The molecule has 1 N–H and O–H groups in total. The Morgan fingerprint density at radius 3 is 3.11 bits per heavy atom. The third-order valence-electron chi connectivity index (χ3n) is 4.93. The third kappa shape index (κ3) is 3.34. The molecule has 1 atom stereocenters. The standard InChI is InChI=1S/C20H20N4O2S/c1-12-19(13(2)25)27-20(23-12)24-5-6-26-11-16(24)8-15-10-22-18-4-3-14(9-21)7-17(15)18/h3-4,7,10,16,22H,5-6,8,11H2,1-2H3/t16-/m0/s1. The molecule has 0 amide bonds. The maximum Gasteiger partial charge on any atom is 0.186 e. The number of aryl methyl sites for hydroxylation is 1. The van der Waals surface area contributed by atoms with Crippen molar-refractivity contribution in [2.75, 3.05) is 24.7 Å². The van der Waals surface area contributed by atoms with Gasteiger partial charge >= 0.3 is 0 Å². The monoisotopic (exact) mass is 380 g/mol. The molecule has 1 saturated heterocycles. The molecule has 0 saturated carbocycles. The molecular weight excluding hydrogens is 360 g/mol. The number of carbonyl (C=O) groups excluding carboxylic acids is 1. The SMILES string of the molecule is CC(=O)c1sc(N2CCOC[C@@H]2Cc2c[nH]c3ccc(C#N)cc23)nc1C. The minimum Gasteiger partial charge on any atom is -0.377 e. The Morgan fingerprint density at radius 2 is 2.37 bits per heavy atom. The number of morpholine rings is 1. The van der Waals surface area contributed by atoms with Gasteiger partial charge in [0.25, 0.3) is 0 Å². The molecule has 3 heterocycles. The number of rotatable bonds is 4. The second kappa shape index (κ2) is 7.14. The normalized spacial score (nSPS) is 17.2. The Bertz CT molecular complexity index is 1050. The molecule has 0 aliphatic carbocycles. The number of anilines is 1. The number of nitriles is 1. The van der Waals surface area contributed by atoms with Crippen molar-refractivity contribution in [3.63, 3.8) is 0 Å². The predicted molar refractivity (Wildman–Crippen MR) is 106 cm³/mol. The van der Waals surface area contributed by atoms with Gasteiger partial charge in [-0.1, -0.05) is 11.3 Å². The largest absolute Gasteiger partial charge is 0.377 e. The highest BCUT2D eigenvalue weighted by atomic mass is 32.1. The molecule has 3 aromatic rings. The maximum atomic E-state index is 11.8. The number of ether oxygens (including phenoxy) is 1. The van der Waals surface area contributed by atoms with Crippen molar-refractivity contribution in [1.82, 2.24) is 9.97 Å². The van der Waals surface area contributed by atoms with Crippen LogP contribution in [0.1, 0.15) is 33.4 Å². The van der Waals surface area contributed by atoms with Crippen LogP contribution < -0.4 is 4.90 Å². The highest BCUT2D eigenvalue weighted by Crippen LogP contribution is 2.31. The van der Waals surface area contributed by atoms with Crippen molar-refractivity contribution in [2.45, 2.75) is 26.3 Å². The Morgan fingerprint density at radius 1 is 1.52 bits per heavy atom. The van der Waals surface area contributed by atoms with Crippen LogP contribution in [0.2, 0.25) is 0 Å². The molecule has 0 unspecified atom stereocenters. The van der Waals surface area contributed by atoms with Gasteiger partial charge in [0.05, 0.1) is 41.5 Å². The van der Waals surface area contributed by atoms with Gasteiger partial charge < -0.3 is 14.6 Å². The van der Waals surface area contributed by atoms with Crippen LogP contribution in [0.4, 0.5) is 5.13 Å². The number of Topliss-reactive ketones (excluding diaryl/α,β-unsaturated/α-hetero) is 1. The summed E-state index contributed by atoms with van der Waals surface area (Å²) in [5.74, 6) is 0.0571. The molecule has 7 heteroatoms. The molecule has 1 fully saturated rings. The first kappa shape index (κ1) is 17.7. The van der Waals surface area contributed by atoms with Gasteiger partial charge in [-0.2, -0.15) is 5.26 Å². The Balaban J connectivity index is 1.65. The van der Waals surface area contributed by atoms with Gasteiger partial charge in [-0.05, 0) is 37.1 Å². The molecule has 138 valence electrons. The van der Waals surface area contributed by atoms with Crippen molar-refractivity contribution < 1.29 is 9.53 Å². The summed E-state index contributed by atoms with van der Waals surface area (Å²) in [7, 11) is 0. The van der Waals surface area contributed by atoms with E-state index in [0.29, 0.717) is 18.8 Å². The molecule has 4 rings (SSSR count). The lowest BCUT2D eigenvalue weighted by atomic mass is 10.0. The van der Waals surface area contributed by atoms with E-state index in [4.69, 9.17) is 4.74 Å². The Labute approximate surface area is 161 Å². The van der Waals surface area contributed by atoms with Gasteiger partial charge in [0.15, 0.2) is 10.9 Å². The van der Waals surface area contributed by atoms with Crippen molar-refractivity contribution in [3.8, 4) is 6.07 Å². The molecule has 0 bridgehead atoms. The van der Waals surface area contributed by atoms with Crippen LogP contribution in [0.3, 0.4) is 0 Å². The maximum absolute atomic E-state index is 11.8. The number of hydrogen-bond acceptors (Lipinski definition) is 6. The smallest absolute Gasteiger partial charge is 0.186 e. The fraction of sp³-hybridized carbons (Fsp3) is 0.350. The average molecular weight is 380 g/mol. The first-order valence-electron chi connectivity index (χ1n) is 8.89. The number of nitrogens with one attached hydrogen (secondary N) is 1. The van der Waals surface area contributed by atoms with Gasteiger partial charge in [-0.15, -0.1) is 0 Å². The number of thiazole rings is 1. The van der Waals surface area contributed by atoms with E-state index >= 15 is 0 Å². The lowest BCUT2D eigenvalue weighted by Gasteiger charge is -2.35. The number of ketones is 1. The van der Waals surface area contributed by atoms with Crippen molar-refractivity contribution in [1.29, 1.82) is 5.26 Å². The van der Waals surface area contributed by atoms with Crippen molar-refractivity contribution in [2.24, 2.45) is 0 Å². The Kier molecular flexibility index (Phi) is 4.68. The van der Waals surface area contributed by atoms with E-state index in [-0.39, 0.29) is 11.8 Å². The first-order valence-corrected chi connectivity index (χ1v) is 9.71. The van der Waals surface area contributed by atoms with Gasteiger partial charge in [-0.25, -0.2) is 4.98 Å². The van der Waals surface area contributed by atoms with E-state index in [1.807, 2.05) is 31.3 Å². The van der Waals surface area contributed by atoms with E-state index in [1.165, 1.54) is 11.3 Å². The summed E-state index contributed by atoms with van der Waals surface area (Å²) in [6.07, 6.45) is 2.79. The second-order valence-corrected chi connectivity index (χ2v) is 7.76. The molecule has 1 aliphatic rings. The zero-order chi connectivity index (χ0) is 19.0. The number of aromatic nitrogens is 2. The van der Waals surface area contributed by atoms with Crippen molar-refractivity contribution >= 4 is 33.2 Å². The van der Waals surface area contributed by atoms with E-state index in [9.17, 15) is 10.1 Å². The van der Waals surface area contributed by atoms with Crippen LogP contribution in [-0.4, -0.2) is 41.6 Å². The molecular formula is C20H20N4O2S. The lowest BCUT2D eigenvalue weighted by Crippen LogP contribution is -2.46. The number of benzene rings is 1. The van der Waals surface area contributed by atoms with Gasteiger partial charge in [0.2, 0.25) is 0 Å². The van der Waals surface area contributed by atoms with Crippen LogP contribution in [0.5, 0.6) is 0 Å². The van der Waals surface area contributed by atoms with Gasteiger partial charge in [0, 0.05) is 30.6 Å². The molecule has 1 aliphatic heterocycles. The number of carbonyl (C=O) groups is 1. The molecule has 0 radical (unpaired) electrons. The number of H-pyrrole nitrogens is 1. The average Bonchev–Trinajstić information content (AvgIpc) is 3.25. The lowest BCUT2D eigenvalue weighted by molar-refractivity contribution is 0.0941. The summed E-state index contributed by atoms with van der Waals surface area (Å²) >= 11 is 1.46. The highest BCUT2D eigenvalue weighted by molar-refractivity contribution is 7.17. The van der Waals surface area contributed by atoms with E-state index in [0.717, 1.165) is 45.1 Å². The predicted octanol–water partition coefficient (Wildman–Crippen LogP) is 3.46. The molecule has 6 nitrogen and oxygen atoms in total. The minimum atomic E-state index is 0.0571. The van der Waals surface area contributed by atoms with Crippen LogP contribution in [0, 0.1) is 18.3 Å². The quantitative estimate of drug-likeness (QED) is 0.701.